The summed E-state index contributed by atoms with van der Waals surface area (Å²) in [6.07, 6.45) is 0.869. The van der Waals surface area contributed by atoms with E-state index in [4.69, 9.17) is 10.2 Å². The summed E-state index contributed by atoms with van der Waals surface area (Å²) >= 11 is 0. The smallest absolute Gasteiger partial charge is 0.322 e. The van der Waals surface area contributed by atoms with Gasteiger partial charge in [-0.3, -0.25) is 9.59 Å². The highest BCUT2D eigenvalue weighted by atomic mass is 32.2. The average Bonchev–Trinajstić information content (AvgIpc) is 2.84. The van der Waals surface area contributed by atoms with Crippen LogP contribution in [0.5, 0.6) is 0 Å². The van der Waals surface area contributed by atoms with Gasteiger partial charge in [0.05, 0.1) is 12.2 Å². The third-order valence-corrected chi connectivity index (χ3v) is 3.70. The van der Waals surface area contributed by atoms with Crippen molar-refractivity contribution in [3.63, 3.8) is 0 Å². The molecular formula is C8H13NO6S. The highest BCUT2D eigenvalue weighted by Gasteiger charge is 2.32. The zero-order valence-corrected chi connectivity index (χ0v) is 9.24. The van der Waals surface area contributed by atoms with Gasteiger partial charge in [0.1, 0.15) is 6.04 Å². The van der Waals surface area contributed by atoms with E-state index in [1.54, 1.807) is 0 Å². The number of hydrogen-bond donors (Lipinski definition) is 3. The Kier molecular flexibility index (Phi) is 3.87. The van der Waals surface area contributed by atoms with E-state index in [0.29, 0.717) is 0 Å². The Morgan fingerprint density at radius 3 is 2.25 bits per heavy atom. The van der Waals surface area contributed by atoms with Gasteiger partial charge in [-0.2, -0.15) is 0 Å². The lowest BCUT2D eigenvalue weighted by Crippen LogP contribution is -2.43. The molecule has 1 atom stereocenters. The normalized spacial score (nSPS) is 18.0. The summed E-state index contributed by atoms with van der Waals surface area (Å²) in [6.45, 7) is 0. The predicted molar refractivity (Wildman–Crippen MR) is 53.3 cm³/mol. The molecule has 7 nitrogen and oxygen atoms in total. The van der Waals surface area contributed by atoms with Crippen molar-refractivity contribution in [2.45, 2.75) is 25.3 Å². The van der Waals surface area contributed by atoms with Gasteiger partial charge in [0.2, 0.25) is 10.0 Å². The van der Waals surface area contributed by atoms with E-state index in [-0.39, 0.29) is 11.7 Å². The lowest BCUT2D eigenvalue weighted by Gasteiger charge is -2.12. The fourth-order valence-electron chi connectivity index (χ4n) is 1.21. The molecule has 8 heteroatoms. The van der Waals surface area contributed by atoms with Crippen LogP contribution in [0.15, 0.2) is 0 Å². The monoisotopic (exact) mass is 251 g/mol. The van der Waals surface area contributed by atoms with Crippen LogP contribution < -0.4 is 4.72 Å². The summed E-state index contributed by atoms with van der Waals surface area (Å²) < 4.78 is 24.7. The molecule has 1 rings (SSSR count). The van der Waals surface area contributed by atoms with Crippen LogP contribution in [0.4, 0.5) is 0 Å². The van der Waals surface area contributed by atoms with Gasteiger partial charge in [-0.25, -0.2) is 13.1 Å². The minimum Gasteiger partial charge on any atom is -0.481 e. The first-order valence-corrected chi connectivity index (χ1v) is 6.40. The highest BCUT2D eigenvalue weighted by Crippen LogP contribution is 2.30. The molecule has 0 radical (unpaired) electrons. The standard InChI is InChI=1S/C8H13NO6S/c10-7(11)3-6(8(12)13)9-16(14,15)4-5-1-2-5/h5-6,9H,1-4H2,(H,10,11)(H,12,13). The molecule has 16 heavy (non-hydrogen) atoms. The van der Waals surface area contributed by atoms with Crippen LogP contribution in [-0.4, -0.2) is 42.4 Å². The molecule has 1 saturated carbocycles. The topological polar surface area (TPSA) is 121 Å². The Morgan fingerprint density at radius 2 is 1.88 bits per heavy atom. The number of aliphatic carboxylic acids is 2. The van der Waals surface area contributed by atoms with Gasteiger partial charge in [0.25, 0.3) is 0 Å². The number of carboxylic acid groups (broad SMARTS) is 2. The van der Waals surface area contributed by atoms with E-state index >= 15 is 0 Å². The van der Waals surface area contributed by atoms with Gasteiger partial charge in [-0.05, 0) is 18.8 Å². The van der Waals surface area contributed by atoms with Crippen LogP contribution in [-0.2, 0) is 19.6 Å². The van der Waals surface area contributed by atoms with Crippen molar-refractivity contribution in [3.05, 3.63) is 0 Å². The largest absolute Gasteiger partial charge is 0.481 e. The second-order valence-corrected chi connectivity index (χ2v) is 5.63. The van der Waals surface area contributed by atoms with Crippen LogP contribution in [0.3, 0.4) is 0 Å². The molecule has 0 bridgehead atoms. The molecule has 1 fully saturated rings. The number of nitrogens with one attached hydrogen (secondary N) is 1. The van der Waals surface area contributed by atoms with Crippen LogP contribution in [0.25, 0.3) is 0 Å². The Labute approximate surface area is 92.5 Å². The maximum atomic E-state index is 11.4. The van der Waals surface area contributed by atoms with Gasteiger partial charge in [0.15, 0.2) is 0 Å². The highest BCUT2D eigenvalue weighted by molar-refractivity contribution is 7.89. The maximum absolute atomic E-state index is 11.4. The van der Waals surface area contributed by atoms with Gasteiger partial charge in [0, 0.05) is 0 Å². The van der Waals surface area contributed by atoms with Crippen molar-refractivity contribution in [2.24, 2.45) is 5.92 Å². The third kappa shape index (κ3) is 4.58. The lowest BCUT2D eigenvalue weighted by molar-refractivity contribution is -0.145. The molecule has 3 N–H and O–H groups in total. The third-order valence-electron chi connectivity index (χ3n) is 2.15. The van der Waals surface area contributed by atoms with Crippen LogP contribution in [0.2, 0.25) is 0 Å². The first-order valence-electron chi connectivity index (χ1n) is 4.75. The zero-order valence-electron chi connectivity index (χ0n) is 8.42. The van der Waals surface area contributed by atoms with Gasteiger partial charge < -0.3 is 10.2 Å². The van der Waals surface area contributed by atoms with E-state index in [9.17, 15) is 18.0 Å². The number of carbonyl (C=O) groups is 2. The molecule has 1 unspecified atom stereocenters. The molecule has 0 saturated heterocycles. The number of sulfonamides is 1. The molecular weight excluding hydrogens is 238 g/mol. The first kappa shape index (κ1) is 12.9. The van der Waals surface area contributed by atoms with Crippen LogP contribution >= 0.6 is 0 Å². The van der Waals surface area contributed by atoms with Gasteiger partial charge in [-0.1, -0.05) is 0 Å². The zero-order chi connectivity index (χ0) is 12.3. The van der Waals surface area contributed by atoms with E-state index in [1.165, 1.54) is 0 Å². The van der Waals surface area contributed by atoms with Gasteiger partial charge >= 0.3 is 11.9 Å². The van der Waals surface area contributed by atoms with Crippen molar-refractivity contribution in [1.82, 2.24) is 4.72 Å². The second kappa shape index (κ2) is 4.79. The molecule has 1 aliphatic rings. The second-order valence-electron chi connectivity index (χ2n) is 3.83. The minimum absolute atomic E-state index is 0.0803. The molecule has 92 valence electrons. The predicted octanol–water partition coefficient (Wildman–Crippen LogP) is -0.756. The molecule has 0 heterocycles. The number of hydrogen-bond acceptors (Lipinski definition) is 4. The molecule has 0 aromatic carbocycles. The summed E-state index contributed by atoms with van der Waals surface area (Å²) in [5.41, 5.74) is 0. The fraction of sp³-hybridized carbons (Fsp3) is 0.750. The Balaban J connectivity index is 2.58. The Hall–Kier alpha value is -1.15. The van der Waals surface area contributed by atoms with Crippen molar-refractivity contribution < 1.29 is 28.2 Å². The summed E-state index contributed by atoms with van der Waals surface area (Å²) in [5.74, 6) is -2.89. The van der Waals surface area contributed by atoms with Gasteiger partial charge in [-0.15, -0.1) is 0 Å². The molecule has 0 amide bonds. The van der Waals surface area contributed by atoms with Crippen molar-refractivity contribution >= 4 is 22.0 Å². The minimum atomic E-state index is -3.70. The van der Waals surface area contributed by atoms with Crippen molar-refractivity contribution in [2.75, 3.05) is 5.75 Å². The van der Waals surface area contributed by atoms with Crippen molar-refractivity contribution in [1.29, 1.82) is 0 Å². The van der Waals surface area contributed by atoms with E-state index in [2.05, 4.69) is 0 Å². The average molecular weight is 251 g/mol. The molecule has 0 aromatic heterocycles. The molecule has 0 aromatic rings. The number of carboxylic acids is 2. The molecule has 0 aliphatic heterocycles. The fourth-order valence-corrected chi connectivity index (χ4v) is 2.88. The Bertz CT molecular complexity index is 385. The first-order chi connectivity index (χ1) is 7.30. The quantitative estimate of drug-likeness (QED) is 0.547. The molecule has 0 spiro atoms. The van der Waals surface area contributed by atoms with Crippen molar-refractivity contribution in [3.8, 4) is 0 Å². The lowest BCUT2D eigenvalue weighted by atomic mass is 10.2. The Morgan fingerprint density at radius 1 is 1.31 bits per heavy atom. The summed E-state index contributed by atoms with van der Waals surface area (Å²) in [6, 6.07) is -1.60. The summed E-state index contributed by atoms with van der Waals surface area (Å²) in [4.78, 5) is 21.0. The summed E-state index contributed by atoms with van der Waals surface area (Å²) in [7, 11) is -3.70. The molecule has 1 aliphatic carbocycles. The van der Waals surface area contributed by atoms with E-state index < -0.39 is 34.4 Å². The SMILES string of the molecule is O=C(O)CC(NS(=O)(=O)CC1CC1)C(=O)O. The maximum Gasteiger partial charge on any atom is 0.322 e. The van der Waals surface area contributed by atoms with Crippen LogP contribution in [0.1, 0.15) is 19.3 Å². The van der Waals surface area contributed by atoms with E-state index in [0.717, 1.165) is 12.8 Å². The van der Waals surface area contributed by atoms with Crippen LogP contribution in [0, 0.1) is 5.92 Å². The number of rotatable bonds is 7. The van der Waals surface area contributed by atoms with E-state index in [1.807, 2.05) is 4.72 Å². The summed E-state index contributed by atoms with van der Waals surface area (Å²) in [5, 5.41) is 17.1.